The van der Waals surface area contributed by atoms with Gasteiger partial charge in [-0.25, -0.2) is 0 Å². The lowest BCUT2D eigenvalue weighted by atomic mass is 10.2. The van der Waals surface area contributed by atoms with Gasteiger partial charge >= 0.3 is 0 Å². The van der Waals surface area contributed by atoms with Crippen molar-refractivity contribution in [3.05, 3.63) is 57.0 Å². The first-order valence-corrected chi connectivity index (χ1v) is 8.91. The van der Waals surface area contributed by atoms with Crippen LogP contribution in [0, 0.1) is 0 Å². The quantitative estimate of drug-likeness (QED) is 0.490. The van der Waals surface area contributed by atoms with Crippen molar-refractivity contribution in [3.63, 3.8) is 0 Å². The van der Waals surface area contributed by atoms with Crippen molar-refractivity contribution < 1.29 is 9.47 Å². The lowest BCUT2D eigenvalue weighted by Crippen LogP contribution is -2.06. The van der Waals surface area contributed by atoms with E-state index in [2.05, 4.69) is 26.5 Å². The summed E-state index contributed by atoms with van der Waals surface area (Å²) >= 11 is 9.63. The van der Waals surface area contributed by atoms with Crippen molar-refractivity contribution in [3.8, 4) is 11.5 Å². The third kappa shape index (κ3) is 5.14. The van der Waals surface area contributed by atoms with Crippen molar-refractivity contribution in [1.82, 2.24) is 5.43 Å². The van der Waals surface area contributed by atoms with Crippen LogP contribution in [0.2, 0.25) is 5.02 Å². The Balaban J connectivity index is 2.07. The summed E-state index contributed by atoms with van der Waals surface area (Å²) in [6, 6.07) is 11.5. The minimum absolute atomic E-state index is 0.562. The number of benzene rings is 2. The monoisotopic (exact) mass is 410 g/mol. The van der Waals surface area contributed by atoms with Crippen LogP contribution < -0.4 is 14.9 Å². The number of nitrogens with zero attached hydrogens (tertiary/aromatic N) is 1. The van der Waals surface area contributed by atoms with Crippen LogP contribution in [0.15, 0.2) is 46.0 Å². The number of halogens is 2. The summed E-state index contributed by atoms with van der Waals surface area (Å²) < 4.78 is 12.1. The average Bonchev–Trinajstić information content (AvgIpc) is 2.56. The minimum atomic E-state index is 0.562. The first kappa shape index (κ1) is 18.6. The Labute approximate surface area is 155 Å². The summed E-state index contributed by atoms with van der Waals surface area (Å²) in [4.78, 5) is 0. The fraction of sp³-hybridized carbons (Fsp3) is 0.278. The highest BCUT2D eigenvalue weighted by molar-refractivity contribution is 9.10. The van der Waals surface area contributed by atoms with E-state index < -0.39 is 0 Å². The summed E-state index contributed by atoms with van der Waals surface area (Å²) in [5.74, 6) is 1.40. The molecule has 0 aliphatic rings. The molecular formula is C18H20BrClN2O2. The Morgan fingerprint density at radius 2 is 1.92 bits per heavy atom. The van der Waals surface area contributed by atoms with Gasteiger partial charge in [0, 0.05) is 5.02 Å². The molecule has 0 aliphatic carbocycles. The molecule has 6 heteroatoms. The molecule has 0 atom stereocenters. The van der Waals surface area contributed by atoms with Crippen molar-refractivity contribution in [2.75, 3.05) is 13.2 Å². The third-order valence-electron chi connectivity index (χ3n) is 3.15. The molecule has 0 fully saturated rings. The van der Waals surface area contributed by atoms with Gasteiger partial charge in [0.25, 0.3) is 0 Å². The number of hydrogen-bond acceptors (Lipinski definition) is 4. The molecule has 0 spiro atoms. The molecule has 24 heavy (non-hydrogen) atoms. The largest absolute Gasteiger partial charge is 0.490 e. The summed E-state index contributed by atoms with van der Waals surface area (Å²) in [6.45, 7) is 5.59. The SMILES string of the molecule is CCOc1cc(/C=N\NCc2ccccc2Cl)cc(Br)c1OCC. The van der Waals surface area contributed by atoms with Crippen LogP contribution in [0.4, 0.5) is 0 Å². The van der Waals surface area contributed by atoms with E-state index in [-0.39, 0.29) is 0 Å². The standard InChI is InChI=1S/C18H20BrClN2O2/c1-3-23-17-10-13(9-15(19)18(17)24-4-2)11-21-22-12-14-7-5-6-8-16(14)20/h5-11,22H,3-4,12H2,1-2H3/b21-11-. The topological polar surface area (TPSA) is 42.8 Å². The number of hydrazone groups is 1. The van der Waals surface area contributed by atoms with Gasteiger partial charge < -0.3 is 14.9 Å². The molecule has 0 amide bonds. The Morgan fingerprint density at radius 3 is 2.62 bits per heavy atom. The van der Waals surface area contributed by atoms with E-state index in [0.29, 0.717) is 31.3 Å². The van der Waals surface area contributed by atoms with Gasteiger partial charge in [-0.1, -0.05) is 29.8 Å². The maximum Gasteiger partial charge on any atom is 0.175 e. The molecule has 4 nitrogen and oxygen atoms in total. The zero-order valence-corrected chi connectivity index (χ0v) is 16.0. The normalized spacial score (nSPS) is 10.8. The molecule has 2 aromatic carbocycles. The summed E-state index contributed by atoms with van der Waals surface area (Å²) in [5.41, 5.74) is 4.90. The lowest BCUT2D eigenvalue weighted by Gasteiger charge is -2.13. The predicted molar refractivity (Wildman–Crippen MR) is 102 cm³/mol. The highest BCUT2D eigenvalue weighted by Crippen LogP contribution is 2.36. The third-order valence-corrected chi connectivity index (χ3v) is 4.11. The van der Waals surface area contributed by atoms with Crippen molar-refractivity contribution >= 4 is 33.7 Å². The van der Waals surface area contributed by atoms with E-state index in [1.54, 1.807) is 6.21 Å². The van der Waals surface area contributed by atoms with Crippen LogP contribution in [-0.4, -0.2) is 19.4 Å². The molecule has 0 radical (unpaired) electrons. The Kier molecular flexibility index (Phi) is 7.40. The van der Waals surface area contributed by atoms with E-state index in [0.717, 1.165) is 20.6 Å². The first-order chi connectivity index (χ1) is 11.7. The van der Waals surface area contributed by atoms with Crippen LogP contribution in [0.5, 0.6) is 11.5 Å². The second kappa shape index (κ2) is 9.55. The van der Waals surface area contributed by atoms with E-state index in [1.165, 1.54) is 0 Å². The van der Waals surface area contributed by atoms with Crippen molar-refractivity contribution in [1.29, 1.82) is 0 Å². The molecule has 0 heterocycles. The van der Waals surface area contributed by atoms with E-state index in [9.17, 15) is 0 Å². The van der Waals surface area contributed by atoms with Crippen LogP contribution in [-0.2, 0) is 6.54 Å². The van der Waals surface area contributed by atoms with Crippen molar-refractivity contribution in [2.45, 2.75) is 20.4 Å². The van der Waals surface area contributed by atoms with Crippen LogP contribution in [0.25, 0.3) is 0 Å². The molecule has 2 aromatic rings. The Morgan fingerprint density at radius 1 is 1.17 bits per heavy atom. The molecule has 0 saturated carbocycles. The van der Waals surface area contributed by atoms with Gasteiger partial charge in [-0.15, -0.1) is 0 Å². The maximum atomic E-state index is 6.12. The number of rotatable bonds is 8. The number of ether oxygens (including phenoxy) is 2. The second-order valence-electron chi connectivity index (χ2n) is 4.88. The van der Waals surface area contributed by atoms with E-state index >= 15 is 0 Å². The van der Waals surface area contributed by atoms with Crippen LogP contribution in [0.3, 0.4) is 0 Å². The fourth-order valence-corrected chi connectivity index (χ4v) is 2.88. The highest BCUT2D eigenvalue weighted by atomic mass is 79.9. The highest BCUT2D eigenvalue weighted by Gasteiger charge is 2.11. The molecule has 2 rings (SSSR count). The lowest BCUT2D eigenvalue weighted by molar-refractivity contribution is 0.286. The molecule has 128 valence electrons. The number of nitrogens with one attached hydrogen (secondary N) is 1. The smallest absolute Gasteiger partial charge is 0.175 e. The minimum Gasteiger partial charge on any atom is -0.490 e. The second-order valence-corrected chi connectivity index (χ2v) is 6.14. The Bertz CT molecular complexity index is 707. The summed E-state index contributed by atoms with van der Waals surface area (Å²) in [5, 5.41) is 4.97. The number of hydrogen-bond donors (Lipinski definition) is 1. The summed E-state index contributed by atoms with van der Waals surface area (Å²) in [7, 11) is 0. The molecule has 0 unspecified atom stereocenters. The molecule has 0 bridgehead atoms. The van der Waals surface area contributed by atoms with E-state index in [4.69, 9.17) is 21.1 Å². The average molecular weight is 412 g/mol. The van der Waals surface area contributed by atoms with Gasteiger partial charge in [0.15, 0.2) is 11.5 Å². The van der Waals surface area contributed by atoms with Gasteiger partial charge in [-0.3, -0.25) is 0 Å². The summed E-state index contributed by atoms with van der Waals surface area (Å²) in [6.07, 6.45) is 1.74. The van der Waals surface area contributed by atoms with Gasteiger partial charge in [0.05, 0.1) is 30.4 Å². The van der Waals surface area contributed by atoms with Gasteiger partial charge in [-0.2, -0.15) is 5.10 Å². The predicted octanol–water partition coefficient (Wildman–Crippen LogP) is 5.02. The van der Waals surface area contributed by atoms with Crippen LogP contribution >= 0.6 is 27.5 Å². The van der Waals surface area contributed by atoms with Gasteiger partial charge in [0.2, 0.25) is 0 Å². The van der Waals surface area contributed by atoms with Crippen molar-refractivity contribution in [2.24, 2.45) is 5.10 Å². The first-order valence-electron chi connectivity index (χ1n) is 7.74. The fourth-order valence-electron chi connectivity index (χ4n) is 2.10. The molecule has 1 N–H and O–H groups in total. The molecular weight excluding hydrogens is 392 g/mol. The van der Waals surface area contributed by atoms with Crippen LogP contribution in [0.1, 0.15) is 25.0 Å². The van der Waals surface area contributed by atoms with Gasteiger partial charge in [-0.05, 0) is 59.1 Å². The molecule has 0 saturated heterocycles. The Hall–Kier alpha value is -1.72. The van der Waals surface area contributed by atoms with Gasteiger partial charge in [0.1, 0.15) is 0 Å². The zero-order valence-electron chi connectivity index (χ0n) is 13.7. The zero-order chi connectivity index (χ0) is 17.4. The maximum absolute atomic E-state index is 6.12. The molecule has 0 aliphatic heterocycles. The molecule has 0 aromatic heterocycles. The van der Waals surface area contributed by atoms with E-state index in [1.807, 2.05) is 50.2 Å².